The first kappa shape index (κ1) is 26.5. The summed E-state index contributed by atoms with van der Waals surface area (Å²) in [4.78, 5) is 57.7. The Hall–Kier alpha value is -1.08. The first-order valence-electron chi connectivity index (χ1n) is 8.23. The number of nitrogens with two attached hydrogens (primary N) is 1. The standard InChI is InChI=1S/C10H15BrN5O14P3/c11-9-13-3-6(14-10(12)15-7(3)19)16(9)8-5(18)4(17)2(28-8)1-27-32(23,24)30-33(25,26)29-31(20,21)22/h2,4-5,8,17-18H,1H2,(H,23,24)(H,25,26)(H2,20,21,22)(H3,12,14,15,19)/t2-,4-,5-,8-/m1/s1. The smallest absolute Gasteiger partial charge is 0.387 e. The van der Waals surface area contributed by atoms with E-state index in [4.69, 9.17) is 25.2 Å². The van der Waals surface area contributed by atoms with Crippen LogP contribution < -0.4 is 11.3 Å². The average Bonchev–Trinajstić information content (AvgIpc) is 3.07. The molecule has 0 aromatic carbocycles. The van der Waals surface area contributed by atoms with Gasteiger partial charge < -0.3 is 40.3 Å². The largest absolute Gasteiger partial charge is 0.490 e. The lowest BCUT2D eigenvalue weighted by Gasteiger charge is -2.19. The summed E-state index contributed by atoms with van der Waals surface area (Å²) in [5.74, 6) is -0.293. The topological polar surface area (TPSA) is 299 Å². The molecule has 0 amide bonds. The van der Waals surface area contributed by atoms with Gasteiger partial charge in [0.2, 0.25) is 5.95 Å². The van der Waals surface area contributed by atoms with Crippen molar-refractivity contribution in [1.29, 1.82) is 0 Å². The molecule has 6 atom stereocenters. The molecule has 2 unspecified atom stereocenters. The molecule has 33 heavy (non-hydrogen) atoms. The number of rotatable bonds is 8. The Balaban J connectivity index is 1.77. The minimum absolute atomic E-state index is 0.0640. The molecule has 0 aliphatic carbocycles. The minimum atomic E-state index is -5.74. The number of nitrogens with one attached hydrogen (secondary N) is 1. The lowest BCUT2D eigenvalue weighted by atomic mass is 10.1. The van der Waals surface area contributed by atoms with E-state index in [2.05, 4.69) is 44.0 Å². The summed E-state index contributed by atoms with van der Waals surface area (Å²) in [5.41, 5.74) is 4.45. The molecule has 1 fully saturated rings. The van der Waals surface area contributed by atoms with Crippen molar-refractivity contribution in [2.45, 2.75) is 24.5 Å². The summed E-state index contributed by atoms with van der Waals surface area (Å²) < 4.78 is 51.8. The van der Waals surface area contributed by atoms with Crippen LogP contribution in [0.4, 0.5) is 5.95 Å². The average molecular weight is 602 g/mol. The molecule has 3 heterocycles. The van der Waals surface area contributed by atoms with Crippen LogP contribution in [0.25, 0.3) is 11.2 Å². The second kappa shape index (κ2) is 9.18. The quantitative estimate of drug-likeness (QED) is 0.125. The fourth-order valence-electron chi connectivity index (χ4n) is 2.75. The molecule has 19 nitrogen and oxygen atoms in total. The summed E-state index contributed by atoms with van der Waals surface area (Å²) in [7, 11) is -16.8. The van der Waals surface area contributed by atoms with Gasteiger partial charge in [-0.15, -0.1) is 0 Å². The van der Waals surface area contributed by atoms with Crippen molar-refractivity contribution in [3.63, 3.8) is 0 Å². The van der Waals surface area contributed by atoms with Gasteiger partial charge in [-0.2, -0.15) is 13.6 Å². The van der Waals surface area contributed by atoms with Crippen LogP contribution in [0.15, 0.2) is 9.53 Å². The van der Waals surface area contributed by atoms with Crippen molar-refractivity contribution < 1.29 is 61.4 Å². The maximum atomic E-state index is 12.0. The zero-order chi connectivity index (χ0) is 24.9. The third-order valence-corrected chi connectivity index (χ3v) is 8.30. The zero-order valence-corrected chi connectivity index (χ0v) is 19.9. The van der Waals surface area contributed by atoms with Crippen LogP contribution in [0.3, 0.4) is 0 Å². The van der Waals surface area contributed by atoms with Gasteiger partial charge in [0.05, 0.1) is 6.61 Å². The van der Waals surface area contributed by atoms with Gasteiger partial charge in [-0.3, -0.25) is 18.9 Å². The van der Waals surface area contributed by atoms with Crippen LogP contribution >= 0.6 is 39.4 Å². The van der Waals surface area contributed by atoms with E-state index in [1.807, 2.05) is 0 Å². The highest BCUT2D eigenvalue weighted by Crippen LogP contribution is 2.66. The molecule has 0 spiro atoms. The van der Waals surface area contributed by atoms with Crippen LogP contribution in [0, 0.1) is 0 Å². The Bertz CT molecular complexity index is 1260. The van der Waals surface area contributed by atoms with Crippen LogP contribution in [0.1, 0.15) is 6.23 Å². The Labute approximate surface area is 189 Å². The molecule has 9 N–H and O–H groups in total. The van der Waals surface area contributed by atoms with E-state index in [1.54, 1.807) is 0 Å². The van der Waals surface area contributed by atoms with Crippen molar-refractivity contribution in [3.8, 4) is 0 Å². The summed E-state index contributed by atoms with van der Waals surface area (Å²) in [5, 5.41) is 20.6. The number of aromatic amines is 1. The molecule has 1 aliphatic rings. The van der Waals surface area contributed by atoms with Gasteiger partial charge in [-0.25, -0.2) is 18.7 Å². The van der Waals surface area contributed by atoms with Crippen molar-refractivity contribution in [2.75, 3.05) is 12.3 Å². The fraction of sp³-hybridized carbons (Fsp3) is 0.500. The van der Waals surface area contributed by atoms with Crippen LogP contribution in [0.5, 0.6) is 0 Å². The SMILES string of the molecule is Nc1nc2c(nc(Br)n2[C@@H]2O[C@H](COP(=O)(O)OP(=O)(O)OP(=O)(O)O)[C@@H](O)[C@H]2O)c(=O)[nH]1. The zero-order valence-electron chi connectivity index (χ0n) is 15.6. The first-order valence-corrected chi connectivity index (χ1v) is 13.5. The summed E-state index contributed by atoms with van der Waals surface area (Å²) in [6.45, 7) is -1.03. The number of hydrogen-bond donors (Lipinski definition) is 8. The van der Waals surface area contributed by atoms with E-state index < -0.39 is 60.2 Å². The highest BCUT2D eigenvalue weighted by Gasteiger charge is 2.47. The van der Waals surface area contributed by atoms with Crippen molar-refractivity contribution in [2.24, 2.45) is 0 Å². The van der Waals surface area contributed by atoms with Gasteiger partial charge in [-0.1, -0.05) is 0 Å². The molecule has 2 aromatic rings. The van der Waals surface area contributed by atoms with Crippen LogP contribution in [0.2, 0.25) is 0 Å². The van der Waals surface area contributed by atoms with E-state index in [-0.39, 0.29) is 21.8 Å². The number of imidazole rings is 1. The molecular weight excluding hydrogens is 587 g/mol. The number of nitrogen functional groups attached to an aromatic ring is 1. The molecule has 0 bridgehead atoms. The molecule has 0 saturated carbocycles. The number of ether oxygens (including phenoxy) is 1. The molecule has 1 aliphatic heterocycles. The molecule has 3 rings (SSSR count). The molecule has 0 radical (unpaired) electrons. The van der Waals surface area contributed by atoms with Gasteiger partial charge in [0.15, 0.2) is 22.1 Å². The van der Waals surface area contributed by atoms with Crippen molar-refractivity contribution in [3.05, 3.63) is 15.1 Å². The summed E-state index contributed by atoms with van der Waals surface area (Å²) in [6, 6.07) is 0. The maximum Gasteiger partial charge on any atom is 0.490 e. The van der Waals surface area contributed by atoms with Gasteiger partial charge in [0, 0.05) is 0 Å². The van der Waals surface area contributed by atoms with Crippen LogP contribution in [-0.2, 0) is 31.6 Å². The van der Waals surface area contributed by atoms with Gasteiger partial charge in [0.1, 0.15) is 18.3 Å². The number of phosphoric ester groups is 1. The summed E-state index contributed by atoms with van der Waals surface area (Å²) in [6.07, 6.45) is -6.53. The number of phosphoric acid groups is 3. The molecule has 23 heteroatoms. The summed E-state index contributed by atoms with van der Waals surface area (Å²) >= 11 is 3.05. The van der Waals surface area contributed by atoms with Crippen molar-refractivity contribution in [1.82, 2.24) is 19.5 Å². The molecule has 2 aromatic heterocycles. The second-order valence-electron chi connectivity index (χ2n) is 6.31. The number of H-pyrrole nitrogens is 1. The Morgan fingerprint density at radius 3 is 2.33 bits per heavy atom. The third-order valence-electron chi connectivity index (χ3n) is 3.94. The number of fused-ring (bicyclic) bond motifs is 1. The number of aliphatic hydroxyl groups excluding tert-OH is 2. The number of hydrogen-bond acceptors (Lipinski definition) is 13. The highest BCUT2D eigenvalue weighted by atomic mass is 79.9. The van der Waals surface area contributed by atoms with E-state index in [0.717, 1.165) is 4.57 Å². The Morgan fingerprint density at radius 1 is 1.09 bits per heavy atom. The normalized spacial score (nSPS) is 27.5. The number of aliphatic hydroxyl groups is 2. The predicted molar refractivity (Wildman–Crippen MR) is 106 cm³/mol. The number of aromatic nitrogens is 4. The van der Waals surface area contributed by atoms with E-state index in [1.165, 1.54) is 0 Å². The fourth-order valence-corrected chi connectivity index (χ4v) is 6.33. The number of halogens is 1. The molecule has 1 saturated heterocycles. The Kier molecular flexibility index (Phi) is 7.38. The van der Waals surface area contributed by atoms with Crippen LogP contribution in [-0.4, -0.2) is 74.2 Å². The monoisotopic (exact) mass is 601 g/mol. The predicted octanol–water partition coefficient (Wildman–Crippen LogP) is -1.57. The third kappa shape index (κ3) is 6.14. The lowest BCUT2D eigenvalue weighted by molar-refractivity contribution is -0.0513. The van der Waals surface area contributed by atoms with Crippen molar-refractivity contribution >= 4 is 56.5 Å². The van der Waals surface area contributed by atoms with Gasteiger partial charge >= 0.3 is 23.5 Å². The van der Waals surface area contributed by atoms with E-state index in [9.17, 15) is 33.6 Å². The molecule has 186 valence electrons. The van der Waals surface area contributed by atoms with Gasteiger partial charge in [0.25, 0.3) is 5.56 Å². The highest BCUT2D eigenvalue weighted by molar-refractivity contribution is 9.10. The second-order valence-corrected chi connectivity index (χ2v) is 11.4. The number of nitrogens with zero attached hydrogens (tertiary/aromatic N) is 3. The first-order chi connectivity index (χ1) is 15.0. The Morgan fingerprint density at radius 2 is 1.73 bits per heavy atom. The maximum absolute atomic E-state index is 12.0. The minimum Gasteiger partial charge on any atom is -0.387 e. The lowest BCUT2D eigenvalue weighted by Crippen LogP contribution is -2.33. The van der Waals surface area contributed by atoms with E-state index >= 15 is 0 Å². The van der Waals surface area contributed by atoms with Gasteiger partial charge in [-0.05, 0) is 15.9 Å². The van der Waals surface area contributed by atoms with E-state index in [0.29, 0.717) is 0 Å². The number of anilines is 1. The molecular formula is C10H15BrN5O14P3.